The van der Waals surface area contributed by atoms with E-state index in [9.17, 15) is 8.78 Å². The van der Waals surface area contributed by atoms with Crippen LogP contribution in [-0.2, 0) is 13.1 Å². The highest BCUT2D eigenvalue weighted by Crippen LogP contribution is 2.21. The Kier molecular flexibility index (Phi) is 5.86. The minimum Gasteiger partial charge on any atom is -0.465 e. The van der Waals surface area contributed by atoms with Crippen LogP contribution in [0.25, 0.3) is 0 Å². The zero-order valence-corrected chi connectivity index (χ0v) is 15.0. The molecule has 0 unspecified atom stereocenters. The highest BCUT2D eigenvalue weighted by atomic mass is 19.1. The van der Waals surface area contributed by atoms with Crippen molar-refractivity contribution in [3.63, 3.8) is 0 Å². The summed E-state index contributed by atoms with van der Waals surface area (Å²) in [4.78, 5) is 4.56. The molecule has 2 heterocycles. The van der Waals surface area contributed by atoms with Gasteiger partial charge in [0.1, 0.15) is 23.2 Å². The van der Waals surface area contributed by atoms with E-state index < -0.39 is 11.6 Å². The first-order valence-corrected chi connectivity index (χ1v) is 8.90. The van der Waals surface area contributed by atoms with Gasteiger partial charge in [0.25, 0.3) is 0 Å². The van der Waals surface area contributed by atoms with Gasteiger partial charge in [-0.25, -0.2) is 8.78 Å². The SMILES string of the molecule is Cc1ccc(CN2CCC(CN(C)Cc3ccc(F)cc3F)CC2)o1. The molecule has 3 rings (SSSR count). The van der Waals surface area contributed by atoms with Crippen LogP contribution >= 0.6 is 0 Å². The Bertz CT molecular complexity index is 693. The van der Waals surface area contributed by atoms with Gasteiger partial charge in [0.2, 0.25) is 0 Å². The lowest BCUT2D eigenvalue weighted by molar-refractivity contribution is 0.139. The summed E-state index contributed by atoms with van der Waals surface area (Å²) < 4.78 is 32.4. The normalized spacial score (nSPS) is 16.7. The van der Waals surface area contributed by atoms with Crippen molar-refractivity contribution in [1.29, 1.82) is 0 Å². The second kappa shape index (κ2) is 8.11. The van der Waals surface area contributed by atoms with Gasteiger partial charge in [-0.15, -0.1) is 0 Å². The van der Waals surface area contributed by atoms with E-state index in [2.05, 4.69) is 9.80 Å². The zero-order valence-electron chi connectivity index (χ0n) is 15.0. The fourth-order valence-electron chi connectivity index (χ4n) is 3.56. The van der Waals surface area contributed by atoms with Crippen LogP contribution < -0.4 is 0 Å². The number of nitrogens with zero attached hydrogens (tertiary/aromatic N) is 2. The van der Waals surface area contributed by atoms with E-state index in [0.717, 1.165) is 56.6 Å². The molecule has 0 atom stereocenters. The first kappa shape index (κ1) is 18.1. The highest BCUT2D eigenvalue weighted by molar-refractivity contribution is 5.18. The predicted octanol–water partition coefficient (Wildman–Crippen LogP) is 4.21. The molecular weight excluding hydrogens is 322 g/mol. The van der Waals surface area contributed by atoms with Crippen molar-refractivity contribution >= 4 is 0 Å². The van der Waals surface area contributed by atoms with Crippen LogP contribution in [0.5, 0.6) is 0 Å². The maximum Gasteiger partial charge on any atom is 0.130 e. The Balaban J connectivity index is 1.43. The number of hydrogen-bond donors (Lipinski definition) is 0. The quantitative estimate of drug-likeness (QED) is 0.780. The standard InChI is InChI=1S/C20H26F2N2O/c1-15-3-6-19(25-15)14-24-9-7-16(8-10-24)12-23(2)13-17-4-5-18(21)11-20(17)22/h3-6,11,16H,7-10,12-14H2,1-2H3. The van der Waals surface area contributed by atoms with E-state index in [4.69, 9.17) is 4.42 Å². The van der Waals surface area contributed by atoms with Gasteiger partial charge in [-0.05, 0) is 64.0 Å². The van der Waals surface area contributed by atoms with Crippen molar-refractivity contribution in [2.24, 2.45) is 5.92 Å². The summed E-state index contributed by atoms with van der Waals surface area (Å²) in [6.07, 6.45) is 2.27. The number of rotatable bonds is 6. The number of benzene rings is 1. The van der Waals surface area contributed by atoms with Crippen LogP contribution in [0.2, 0.25) is 0 Å². The average Bonchev–Trinajstić information content (AvgIpc) is 2.97. The van der Waals surface area contributed by atoms with Gasteiger partial charge in [0.15, 0.2) is 0 Å². The van der Waals surface area contributed by atoms with Gasteiger partial charge < -0.3 is 9.32 Å². The Morgan fingerprint density at radius 1 is 1.16 bits per heavy atom. The second-order valence-corrected chi connectivity index (χ2v) is 7.16. The number of piperidine rings is 1. The molecule has 0 spiro atoms. The average molecular weight is 348 g/mol. The lowest BCUT2D eigenvalue weighted by atomic mass is 9.96. The maximum atomic E-state index is 13.8. The van der Waals surface area contributed by atoms with E-state index in [1.165, 1.54) is 12.1 Å². The molecule has 1 aromatic heterocycles. The Labute approximate surface area is 148 Å². The van der Waals surface area contributed by atoms with Crippen LogP contribution in [-0.4, -0.2) is 36.5 Å². The van der Waals surface area contributed by atoms with Crippen molar-refractivity contribution in [3.05, 3.63) is 59.1 Å². The number of hydrogen-bond acceptors (Lipinski definition) is 3. The third-order valence-electron chi connectivity index (χ3n) is 4.91. The number of aryl methyl sites for hydroxylation is 1. The van der Waals surface area contributed by atoms with Crippen LogP contribution in [0, 0.1) is 24.5 Å². The summed E-state index contributed by atoms with van der Waals surface area (Å²) in [5, 5.41) is 0. The first-order valence-electron chi connectivity index (χ1n) is 8.90. The molecule has 1 aliphatic heterocycles. The van der Waals surface area contributed by atoms with E-state index in [-0.39, 0.29) is 0 Å². The van der Waals surface area contributed by atoms with Crippen LogP contribution in [0.15, 0.2) is 34.7 Å². The number of halogens is 2. The molecule has 0 bridgehead atoms. The van der Waals surface area contributed by atoms with E-state index in [1.807, 2.05) is 26.1 Å². The first-order chi connectivity index (χ1) is 12.0. The minimum atomic E-state index is -0.525. The molecule has 0 N–H and O–H groups in total. The third kappa shape index (κ3) is 5.13. The Morgan fingerprint density at radius 3 is 2.56 bits per heavy atom. The lowest BCUT2D eigenvalue weighted by Crippen LogP contribution is -2.37. The van der Waals surface area contributed by atoms with Crippen molar-refractivity contribution in [3.8, 4) is 0 Å². The van der Waals surface area contributed by atoms with E-state index >= 15 is 0 Å². The van der Waals surface area contributed by atoms with Gasteiger partial charge in [0.05, 0.1) is 6.54 Å². The molecule has 0 amide bonds. The molecule has 1 fully saturated rings. The second-order valence-electron chi connectivity index (χ2n) is 7.16. The molecule has 1 aliphatic rings. The van der Waals surface area contributed by atoms with Crippen molar-refractivity contribution < 1.29 is 13.2 Å². The molecule has 136 valence electrons. The maximum absolute atomic E-state index is 13.8. The topological polar surface area (TPSA) is 19.6 Å². The van der Waals surface area contributed by atoms with Crippen LogP contribution in [0.3, 0.4) is 0 Å². The lowest BCUT2D eigenvalue weighted by Gasteiger charge is -2.33. The molecule has 0 saturated carbocycles. The summed E-state index contributed by atoms with van der Waals surface area (Å²) in [6.45, 7) is 6.40. The fraction of sp³-hybridized carbons (Fsp3) is 0.500. The van der Waals surface area contributed by atoms with E-state index in [0.29, 0.717) is 18.0 Å². The molecule has 1 aromatic carbocycles. The zero-order chi connectivity index (χ0) is 17.8. The van der Waals surface area contributed by atoms with Crippen LogP contribution in [0.4, 0.5) is 8.78 Å². The minimum absolute atomic E-state index is 0.463. The summed E-state index contributed by atoms with van der Waals surface area (Å²) in [7, 11) is 2.00. The van der Waals surface area contributed by atoms with Crippen molar-refractivity contribution in [2.75, 3.05) is 26.7 Å². The molecule has 25 heavy (non-hydrogen) atoms. The Morgan fingerprint density at radius 2 is 1.92 bits per heavy atom. The van der Waals surface area contributed by atoms with Gasteiger partial charge in [-0.2, -0.15) is 0 Å². The summed E-state index contributed by atoms with van der Waals surface area (Å²) in [6, 6.07) is 7.87. The van der Waals surface area contributed by atoms with Gasteiger partial charge in [0, 0.05) is 24.7 Å². The fourth-order valence-corrected chi connectivity index (χ4v) is 3.56. The molecule has 0 radical (unpaired) electrons. The van der Waals surface area contributed by atoms with Gasteiger partial charge >= 0.3 is 0 Å². The van der Waals surface area contributed by atoms with Crippen molar-refractivity contribution in [1.82, 2.24) is 9.80 Å². The summed E-state index contributed by atoms with van der Waals surface area (Å²) in [5.74, 6) is 1.61. The van der Waals surface area contributed by atoms with Crippen molar-refractivity contribution in [2.45, 2.75) is 32.9 Å². The molecule has 5 heteroatoms. The molecule has 3 nitrogen and oxygen atoms in total. The smallest absolute Gasteiger partial charge is 0.130 e. The number of furan rings is 1. The Hall–Kier alpha value is -1.72. The molecular formula is C20H26F2N2O. The third-order valence-corrected chi connectivity index (χ3v) is 4.91. The predicted molar refractivity (Wildman–Crippen MR) is 94.1 cm³/mol. The summed E-state index contributed by atoms with van der Waals surface area (Å²) in [5.41, 5.74) is 0.550. The van der Waals surface area contributed by atoms with E-state index in [1.54, 1.807) is 0 Å². The molecule has 1 saturated heterocycles. The molecule has 0 aliphatic carbocycles. The monoisotopic (exact) mass is 348 g/mol. The van der Waals surface area contributed by atoms with Gasteiger partial charge in [-0.3, -0.25) is 4.90 Å². The summed E-state index contributed by atoms with van der Waals surface area (Å²) >= 11 is 0. The molecule has 2 aromatic rings. The van der Waals surface area contributed by atoms with Gasteiger partial charge in [-0.1, -0.05) is 6.07 Å². The highest BCUT2D eigenvalue weighted by Gasteiger charge is 2.21. The van der Waals surface area contributed by atoms with Crippen LogP contribution in [0.1, 0.15) is 29.9 Å². The largest absolute Gasteiger partial charge is 0.465 e. The number of likely N-dealkylation sites (tertiary alicyclic amines) is 1.